The maximum absolute atomic E-state index is 5.65. The second-order valence-electron chi connectivity index (χ2n) is 2.77. The fourth-order valence-electron chi connectivity index (χ4n) is 1.28. The van der Waals surface area contributed by atoms with Crippen molar-refractivity contribution in [1.82, 2.24) is 14.8 Å². The number of thioether (sulfide) groups is 1. The number of nitrogen functional groups attached to an aromatic ring is 1. The monoisotopic (exact) mass is 194 g/mol. The molecule has 0 bridgehead atoms. The molecule has 0 saturated carbocycles. The molecule has 0 aliphatic heterocycles. The van der Waals surface area contributed by atoms with Crippen LogP contribution in [0.1, 0.15) is 0 Å². The number of pyridine rings is 1. The fourth-order valence-corrected chi connectivity index (χ4v) is 1.85. The molecule has 0 spiro atoms. The minimum Gasteiger partial charge on any atom is -0.397 e. The summed E-state index contributed by atoms with van der Waals surface area (Å²) in [7, 11) is 1.88. The highest BCUT2D eigenvalue weighted by Gasteiger charge is 2.08. The molecule has 2 heterocycles. The summed E-state index contributed by atoms with van der Waals surface area (Å²) in [5, 5.41) is 6.30. The lowest BCUT2D eigenvalue weighted by molar-refractivity contribution is 0.754. The lowest BCUT2D eigenvalue weighted by atomic mass is 10.3. The minimum atomic E-state index is 0.677. The zero-order chi connectivity index (χ0) is 9.42. The van der Waals surface area contributed by atoms with Gasteiger partial charge in [0.1, 0.15) is 5.03 Å². The molecule has 2 aromatic heterocycles. The molecule has 0 atom stereocenters. The van der Waals surface area contributed by atoms with Gasteiger partial charge < -0.3 is 5.73 Å². The number of anilines is 1. The first-order valence-corrected chi connectivity index (χ1v) is 5.07. The van der Waals surface area contributed by atoms with Gasteiger partial charge in [-0.1, -0.05) is 0 Å². The molecule has 0 amide bonds. The molecule has 4 nitrogen and oxygen atoms in total. The highest BCUT2D eigenvalue weighted by molar-refractivity contribution is 7.98. The van der Waals surface area contributed by atoms with Gasteiger partial charge in [0.05, 0.1) is 17.3 Å². The Bertz CT molecular complexity index is 449. The van der Waals surface area contributed by atoms with E-state index in [0.29, 0.717) is 5.69 Å². The van der Waals surface area contributed by atoms with E-state index in [1.54, 1.807) is 22.6 Å². The Morgan fingerprint density at radius 2 is 2.31 bits per heavy atom. The lowest BCUT2D eigenvalue weighted by Gasteiger charge is -1.93. The van der Waals surface area contributed by atoms with Crippen LogP contribution in [0.25, 0.3) is 11.0 Å². The van der Waals surface area contributed by atoms with Crippen LogP contribution in [0.4, 0.5) is 5.69 Å². The Balaban J connectivity index is 2.81. The van der Waals surface area contributed by atoms with Crippen molar-refractivity contribution in [2.75, 3.05) is 12.0 Å². The summed E-state index contributed by atoms with van der Waals surface area (Å²) >= 11 is 1.60. The summed E-state index contributed by atoms with van der Waals surface area (Å²) in [5.41, 5.74) is 7.20. The smallest absolute Gasteiger partial charge is 0.158 e. The molecular formula is C8H10N4S. The zero-order valence-corrected chi connectivity index (χ0v) is 8.30. The third kappa shape index (κ3) is 1.25. The van der Waals surface area contributed by atoms with Crippen LogP contribution in [0, 0.1) is 0 Å². The van der Waals surface area contributed by atoms with Gasteiger partial charge in [-0.15, -0.1) is 11.8 Å². The Morgan fingerprint density at radius 3 is 3.00 bits per heavy atom. The van der Waals surface area contributed by atoms with Crippen LogP contribution in [0.2, 0.25) is 0 Å². The second kappa shape index (κ2) is 2.92. The average molecular weight is 194 g/mol. The van der Waals surface area contributed by atoms with Gasteiger partial charge >= 0.3 is 0 Å². The van der Waals surface area contributed by atoms with Crippen LogP contribution < -0.4 is 5.73 Å². The van der Waals surface area contributed by atoms with Gasteiger partial charge in [0.15, 0.2) is 5.65 Å². The summed E-state index contributed by atoms with van der Waals surface area (Å²) in [4.78, 5) is 4.21. The SMILES string of the molecule is CSc1nn(C)c2ncc(N)cc12. The first kappa shape index (κ1) is 8.37. The Hall–Kier alpha value is -1.23. The van der Waals surface area contributed by atoms with E-state index in [9.17, 15) is 0 Å². The average Bonchev–Trinajstić information content (AvgIpc) is 2.42. The summed E-state index contributed by atoms with van der Waals surface area (Å²) in [5.74, 6) is 0. The number of nitrogens with two attached hydrogens (primary N) is 1. The largest absolute Gasteiger partial charge is 0.397 e. The van der Waals surface area contributed by atoms with Crippen molar-refractivity contribution in [3.05, 3.63) is 12.3 Å². The molecule has 0 aromatic carbocycles. The van der Waals surface area contributed by atoms with Gasteiger partial charge in [-0.25, -0.2) is 9.67 Å². The van der Waals surface area contributed by atoms with E-state index in [2.05, 4.69) is 10.1 Å². The maximum Gasteiger partial charge on any atom is 0.158 e. The van der Waals surface area contributed by atoms with Gasteiger partial charge in [-0.3, -0.25) is 0 Å². The molecule has 0 aliphatic rings. The van der Waals surface area contributed by atoms with Crippen molar-refractivity contribution in [3.8, 4) is 0 Å². The molecule has 68 valence electrons. The first-order chi connectivity index (χ1) is 6.22. The number of aryl methyl sites for hydroxylation is 1. The van der Waals surface area contributed by atoms with E-state index in [0.717, 1.165) is 16.1 Å². The fraction of sp³-hybridized carbons (Fsp3) is 0.250. The number of rotatable bonds is 1. The summed E-state index contributed by atoms with van der Waals surface area (Å²) < 4.78 is 1.76. The first-order valence-electron chi connectivity index (χ1n) is 3.84. The number of aromatic nitrogens is 3. The second-order valence-corrected chi connectivity index (χ2v) is 3.57. The number of hydrogen-bond donors (Lipinski definition) is 1. The van der Waals surface area contributed by atoms with Gasteiger partial charge in [0, 0.05) is 7.05 Å². The van der Waals surface area contributed by atoms with E-state index in [-0.39, 0.29) is 0 Å². The minimum absolute atomic E-state index is 0.677. The predicted octanol–water partition coefficient (Wildman–Crippen LogP) is 1.27. The molecule has 0 radical (unpaired) electrons. The number of fused-ring (bicyclic) bond motifs is 1. The van der Waals surface area contributed by atoms with Crippen molar-refractivity contribution in [2.24, 2.45) is 7.05 Å². The molecule has 2 rings (SSSR count). The third-order valence-corrected chi connectivity index (χ3v) is 2.55. The van der Waals surface area contributed by atoms with Crippen LogP contribution in [-0.4, -0.2) is 21.0 Å². The maximum atomic E-state index is 5.65. The quantitative estimate of drug-likeness (QED) is 0.695. The molecule has 2 N–H and O–H groups in total. The molecule has 13 heavy (non-hydrogen) atoms. The third-order valence-electron chi connectivity index (χ3n) is 1.86. The van der Waals surface area contributed by atoms with Crippen molar-refractivity contribution >= 4 is 28.5 Å². The van der Waals surface area contributed by atoms with Gasteiger partial charge in [0.25, 0.3) is 0 Å². The van der Waals surface area contributed by atoms with Gasteiger partial charge in [-0.2, -0.15) is 5.10 Å². The summed E-state index contributed by atoms with van der Waals surface area (Å²) in [6.45, 7) is 0. The lowest BCUT2D eigenvalue weighted by Crippen LogP contribution is -1.92. The van der Waals surface area contributed by atoms with Crippen molar-refractivity contribution in [2.45, 2.75) is 5.03 Å². The van der Waals surface area contributed by atoms with Crippen LogP contribution in [-0.2, 0) is 7.05 Å². The van der Waals surface area contributed by atoms with E-state index < -0.39 is 0 Å². The van der Waals surface area contributed by atoms with Crippen LogP contribution >= 0.6 is 11.8 Å². The van der Waals surface area contributed by atoms with Crippen LogP contribution in [0.5, 0.6) is 0 Å². The highest BCUT2D eigenvalue weighted by Crippen LogP contribution is 2.24. The topological polar surface area (TPSA) is 56.7 Å². The van der Waals surface area contributed by atoms with E-state index in [1.165, 1.54) is 0 Å². The van der Waals surface area contributed by atoms with Crippen LogP contribution in [0.15, 0.2) is 17.3 Å². The van der Waals surface area contributed by atoms with E-state index in [4.69, 9.17) is 5.73 Å². The molecule has 0 unspecified atom stereocenters. The molecule has 0 fully saturated rings. The van der Waals surface area contributed by atoms with E-state index in [1.807, 2.05) is 19.4 Å². The Kier molecular flexibility index (Phi) is 1.88. The summed E-state index contributed by atoms with van der Waals surface area (Å²) in [6, 6.07) is 1.90. The molecule has 0 saturated heterocycles. The molecular weight excluding hydrogens is 184 g/mol. The Morgan fingerprint density at radius 1 is 1.54 bits per heavy atom. The highest BCUT2D eigenvalue weighted by atomic mass is 32.2. The van der Waals surface area contributed by atoms with E-state index >= 15 is 0 Å². The normalized spacial score (nSPS) is 10.9. The number of hydrogen-bond acceptors (Lipinski definition) is 4. The Labute approximate surface area is 80.1 Å². The van der Waals surface area contributed by atoms with Gasteiger partial charge in [-0.05, 0) is 12.3 Å². The van der Waals surface area contributed by atoms with Crippen molar-refractivity contribution in [3.63, 3.8) is 0 Å². The predicted molar refractivity (Wildman–Crippen MR) is 54.7 cm³/mol. The van der Waals surface area contributed by atoms with Crippen molar-refractivity contribution < 1.29 is 0 Å². The molecule has 0 aliphatic carbocycles. The summed E-state index contributed by atoms with van der Waals surface area (Å²) in [6.07, 6.45) is 3.64. The number of nitrogens with zero attached hydrogens (tertiary/aromatic N) is 3. The molecule has 5 heteroatoms. The zero-order valence-electron chi connectivity index (χ0n) is 7.48. The standard InChI is InChI=1S/C8H10N4S/c1-12-7-6(8(11-12)13-2)3-5(9)4-10-7/h3-4H,9H2,1-2H3. The van der Waals surface area contributed by atoms with Gasteiger partial charge in [0.2, 0.25) is 0 Å². The molecule has 2 aromatic rings. The van der Waals surface area contributed by atoms with Crippen molar-refractivity contribution in [1.29, 1.82) is 0 Å². The van der Waals surface area contributed by atoms with Crippen LogP contribution in [0.3, 0.4) is 0 Å².